The Kier molecular flexibility index (Phi) is 4.53. The molecule has 138 valence electrons. The summed E-state index contributed by atoms with van der Waals surface area (Å²) >= 11 is 0. The Morgan fingerprint density at radius 1 is 1.19 bits per heavy atom. The summed E-state index contributed by atoms with van der Waals surface area (Å²) in [6.45, 7) is 1.71. The second-order valence-electron chi connectivity index (χ2n) is 7.90. The number of fused-ring (bicyclic) bond motifs is 1. The van der Waals surface area contributed by atoms with Crippen LogP contribution in [0.4, 0.5) is 5.69 Å². The molecule has 1 aromatic carbocycles. The summed E-state index contributed by atoms with van der Waals surface area (Å²) in [5.41, 5.74) is 1.52. The van der Waals surface area contributed by atoms with Crippen LogP contribution in [0.3, 0.4) is 0 Å². The summed E-state index contributed by atoms with van der Waals surface area (Å²) in [4.78, 5) is 35.9. The standard InChI is InChI=1S/C20H25N3O3/c24-17-10-14(18(25)23-17)9-13-4-6-16(7-5-13)22-19(26)20-8-2-1-3-15(20)11-21-12-20/h4-7,14-15,21H,1-3,8-12H2,(H,22,26)(H,23,24,25)/t14?,15-,20+/m0/s1. The van der Waals surface area contributed by atoms with Gasteiger partial charge in [-0.1, -0.05) is 25.0 Å². The van der Waals surface area contributed by atoms with Crippen LogP contribution in [0.15, 0.2) is 24.3 Å². The van der Waals surface area contributed by atoms with Crippen LogP contribution < -0.4 is 16.0 Å². The highest BCUT2D eigenvalue weighted by Gasteiger charge is 2.49. The van der Waals surface area contributed by atoms with Crippen molar-refractivity contribution in [3.8, 4) is 0 Å². The third-order valence-corrected chi connectivity index (χ3v) is 6.25. The first-order chi connectivity index (χ1) is 12.6. The molecule has 0 spiro atoms. The average molecular weight is 355 g/mol. The molecule has 3 atom stereocenters. The molecule has 4 rings (SSSR count). The third kappa shape index (κ3) is 3.14. The number of anilines is 1. The predicted octanol–water partition coefficient (Wildman–Crippen LogP) is 1.61. The fourth-order valence-corrected chi connectivity index (χ4v) is 4.73. The molecule has 0 radical (unpaired) electrons. The Hall–Kier alpha value is -2.21. The number of imide groups is 1. The highest BCUT2D eigenvalue weighted by Crippen LogP contribution is 2.44. The predicted molar refractivity (Wildman–Crippen MR) is 97.3 cm³/mol. The molecule has 0 aromatic heterocycles. The number of hydrogen-bond acceptors (Lipinski definition) is 4. The number of carbonyl (C=O) groups is 3. The Labute approximate surface area is 153 Å². The quantitative estimate of drug-likeness (QED) is 0.716. The number of rotatable bonds is 4. The molecule has 1 unspecified atom stereocenters. The van der Waals surface area contributed by atoms with Crippen LogP contribution >= 0.6 is 0 Å². The van der Waals surface area contributed by atoms with E-state index >= 15 is 0 Å². The zero-order chi connectivity index (χ0) is 18.1. The van der Waals surface area contributed by atoms with E-state index < -0.39 is 0 Å². The van der Waals surface area contributed by atoms with Crippen LogP contribution in [0.5, 0.6) is 0 Å². The zero-order valence-corrected chi connectivity index (χ0v) is 14.8. The van der Waals surface area contributed by atoms with Crippen molar-refractivity contribution >= 4 is 23.4 Å². The van der Waals surface area contributed by atoms with E-state index in [0.29, 0.717) is 12.3 Å². The molecular formula is C20H25N3O3. The first-order valence-electron chi connectivity index (χ1n) is 9.52. The van der Waals surface area contributed by atoms with Crippen molar-refractivity contribution < 1.29 is 14.4 Å². The molecule has 6 heteroatoms. The number of amides is 3. The van der Waals surface area contributed by atoms with E-state index in [4.69, 9.17) is 0 Å². The Balaban J connectivity index is 1.40. The molecule has 26 heavy (non-hydrogen) atoms. The largest absolute Gasteiger partial charge is 0.326 e. The van der Waals surface area contributed by atoms with Gasteiger partial charge in [0.1, 0.15) is 0 Å². The second-order valence-corrected chi connectivity index (χ2v) is 7.90. The Morgan fingerprint density at radius 2 is 2.00 bits per heavy atom. The molecule has 0 bridgehead atoms. The molecule has 3 fully saturated rings. The van der Waals surface area contributed by atoms with Gasteiger partial charge in [-0.05, 0) is 49.4 Å². The smallest absolute Gasteiger partial charge is 0.232 e. The molecule has 1 aliphatic carbocycles. The van der Waals surface area contributed by atoms with Gasteiger partial charge in [-0.25, -0.2) is 0 Å². The van der Waals surface area contributed by atoms with Crippen molar-refractivity contribution in [1.29, 1.82) is 0 Å². The van der Waals surface area contributed by atoms with Crippen molar-refractivity contribution in [2.75, 3.05) is 18.4 Å². The minimum Gasteiger partial charge on any atom is -0.326 e. The van der Waals surface area contributed by atoms with E-state index in [1.165, 1.54) is 6.42 Å². The summed E-state index contributed by atoms with van der Waals surface area (Å²) in [6.07, 6.45) is 5.22. The van der Waals surface area contributed by atoms with Crippen LogP contribution in [0, 0.1) is 17.3 Å². The van der Waals surface area contributed by atoms with Gasteiger partial charge in [0.05, 0.1) is 11.3 Å². The van der Waals surface area contributed by atoms with Gasteiger partial charge in [-0.3, -0.25) is 19.7 Å². The first-order valence-corrected chi connectivity index (χ1v) is 9.52. The second kappa shape index (κ2) is 6.83. The van der Waals surface area contributed by atoms with E-state index in [1.54, 1.807) is 0 Å². The van der Waals surface area contributed by atoms with Gasteiger partial charge in [0.25, 0.3) is 0 Å². The lowest BCUT2D eigenvalue weighted by Gasteiger charge is -2.37. The van der Waals surface area contributed by atoms with Crippen molar-refractivity contribution in [3.63, 3.8) is 0 Å². The van der Waals surface area contributed by atoms with E-state index in [9.17, 15) is 14.4 Å². The average Bonchev–Trinajstić information content (AvgIpc) is 3.20. The maximum absolute atomic E-state index is 13.0. The first kappa shape index (κ1) is 17.2. The van der Waals surface area contributed by atoms with Crippen molar-refractivity contribution in [1.82, 2.24) is 10.6 Å². The van der Waals surface area contributed by atoms with E-state index in [-0.39, 0.29) is 35.5 Å². The van der Waals surface area contributed by atoms with E-state index in [2.05, 4.69) is 16.0 Å². The number of nitrogens with one attached hydrogen (secondary N) is 3. The summed E-state index contributed by atoms with van der Waals surface area (Å²) in [5, 5.41) is 8.84. The Bertz CT molecular complexity index is 730. The molecule has 1 saturated carbocycles. The highest BCUT2D eigenvalue weighted by atomic mass is 16.2. The van der Waals surface area contributed by atoms with Gasteiger partial charge >= 0.3 is 0 Å². The molecule has 3 amide bonds. The summed E-state index contributed by atoms with van der Waals surface area (Å²) in [5.74, 6) is -0.108. The molecule has 1 aromatic rings. The zero-order valence-electron chi connectivity index (χ0n) is 14.8. The van der Waals surface area contributed by atoms with Crippen molar-refractivity contribution in [2.45, 2.75) is 38.5 Å². The fraction of sp³-hybridized carbons (Fsp3) is 0.550. The van der Waals surface area contributed by atoms with Crippen LogP contribution in [0.2, 0.25) is 0 Å². The number of benzene rings is 1. The lowest BCUT2D eigenvalue weighted by molar-refractivity contribution is -0.128. The van der Waals surface area contributed by atoms with Crippen molar-refractivity contribution in [2.24, 2.45) is 17.3 Å². The maximum Gasteiger partial charge on any atom is 0.232 e. The third-order valence-electron chi connectivity index (χ3n) is 6.25. The molecule has 2 heterocycles. The number of carbonyl (C=O) groups excluding carboxylic acids is 3. The van der Waals surface area contributed by atoms with Crippen LogP contribution in [0.25, 0.3) is 0 Å². The van der Waals surface area contributed by atoms with Crippen LogP contribution in [-0.2, 0) is 20.8 Å². The lowest BCUT2D eigenvalue weighted by Crippen LogP contribution is -2.44. The van der Waals surface area contributed by atoms with Gasteiger partial charge in [-0.2, -0.15) is 0 Å². The molecule has 6 nitrogen and oxygen atoms in total. The molecular weight excluding hydrogens is 330 g/mol. The topological polar surface area (TPSA) is 87.3 Å². The summed E-state index contributed by atoms with van der Waals surface area (Å²) in [6, 6.07) is 7.63. The van der Waals surface area contributed by atoms with Gasteiger partial charge < -0.3 is 10.6 Å². The summed E-state index contributed by atoms with van der Waals surface area (Å²) in [7, 11) is 0. The van der Waals surface area contributed by atoms with Crippen LogP contribution in [-0.4, -0.2) is 30.8 Å². The van der Waals surface area contributed by atoms with Gasteiger partial charge in [0.15, 0.2) is 0 Å². The van der Waals surface area contributed by atoms with Crippen LogP contribution in [0.1, 0.15) is 37.7 Å². The van der Waals surface area contributed by atoms with Gasteiger partial charge in [-0.15, -0.1) is 0 Å². The van der Waals surface area contributed by atoms with E-state index in [1.807, 2.05) is 24.3 Å². The molecule has 2 aliphatic heterocycles. The molecule has 3 aliphatic rings. The fourth-order valence-electron chi connectivity index (χ4n) is 4.73. The summed E-state index contributed by atoms with van der Waals surface area (Å²) < 4.78 is 0. The monoisotopic (exact) mass is 355 g/mol. The SMILES string of the molecule is O=C1CC(Cc2ccc(NC(=O)[C@@]34CCCC[C@H]3CNC4)cc2)C(=O)N1. The van der Waals surface area contributed by atoms with Gasteiger partial charge in [0.2, 0.25) is 17.7 Å². The Morgan fingerprint density at radius 3 is 2.73 bits per heavy atom. The minimum atomic E-state index is -0.283. The van der Waals surface area contributed by atoms with Crippen molar-refractivity contribution in [3.05, 3.63) is 29.8 Å². The number of hydrogen-bond donors (Lipinski definition) is 3. The maximum atomic E-state index is 13.0. The molecule has 2 saturated heterocycles. The molecule has 3 N–H and O–H groups in total. The minimum absolute atomic E-state index is 0.126. The van der Waals surface area contributed by atoms with Gasteiger partial charge in [0, 0.05) is 18.7 Å². The van der Waals surface area contributed by atoms with E-state index in [0.717, 1.165) is 43.6 Å². The highest BCUT2D eigenvalue weighted by molar-refractivity contribution is 6.03. The lowest BCUT2D eigenvalue weighted by atomic mass is 9.67. The normalized spacial score (nSPS) is 30.8.